The maximum atomic E-state index is 13.1. The summed E-state index contributed by atoms with van der Waals surface area (Å²) < 4.78 is 5.75. The number of pyridine rings is 1. The summed E-state index contributed by atoms with van der Waals surface area (Å²) in [7, 11) is 2.15. The molecule has 1 saturated heterocycles. The van der Waals surface area contributed by atoms with Crippen molar-refractivity contribution in [3.05, 3.63) is 64.1 Å². The first kappa shape index (κ1) is 20.7. The van der Waals surface area contributed by atoms with Crippen molar-refractivity contribution >= 4 is 28.7 Å². The summed E-state index contributed by atoms with van der Waals surface area (Å²) in [4.78, 5) is 28.8. The Labute approximate surface area is 188 Å². The van der Waals surface area contributed by atoms with Crippen molar-refractivity contribution in [3.63, 3.8) is 0 Å². The fraction of sp³-hybridized carbons (Fsp3) is 0.400. The highest BCUT2D eigenvalue weighted by molar-refractivity contribution is 5.83. The number of hydrogen-bond acceptors (Lipinski definition) is 7. The normalized spacial score (nSPS) is 22.1. The molecule has 2 aromatic heterocycles. The molecule has 3 aliphatic heterocycles. The van der Waals surface area contributed by atoms with E-state index in [9.17, 15) is 4.79 Å². The van der Waals surface area contributed by atoms with Crippen LogP contribution in [0.15, 0.2) is 62.3 Å². The topological polar surface area (TPSA) is 65.2 Å². The zero-order valence-electron chi connectivity index (χ0n) is 18.9. The maximum absolute atomic E-state index is 13.1. The van der Waals surface area contributed by atoms with E-state index in [1.165, 1.54) is 0 Å². The van der Waals surface area contributed by atoms with Gasteiger partial charge in [0, 0.05) is 37.4 Å². The van der Waals surface area contributed by atoms with Gasteiger partial charge in [-0.15, -0.1) is 0 Å². The molecule has 1 fully saturated rings. The third kappa shape index (κ3) is 4.00. The monoisotopic (exact) mass is 431 g/mol. The fourth-order valence-corrected chi connectivity index (χ4v) is 4.49. The minimum atomic E-state index is -0.342. The Bertz CT molecular complexity index is 1220. The van der Waals surface area contributed by atoms with Crippen LogP contribution in [0.1, 0.15) is 32.3 Å². The van der Waals surface area contributed by atoms with Gasteiger partial charge in [0.05, 0.1) is 23.2 Å². The first-order valence-electron chi connectivity index (χ1n) is 11.3. The molecule has 0 N–H and O–H groups in total. The number of likely N-dealkylation sites (N-methyl/N-ethyl adjacent to an activating group) is 1. The Morgan fingerprint density at radius 1 is 1.12 bits per heavy atom. The van der Waals surface area contributed by atoms with Crippen molar-refractivity contribution in [1.82, 2.24) is 14.8 Å². The highest BCUT2D eigenvalue weighted by Crippen LogP contribution is 2.32. The van der Waals surface area contributed by atoms with Gasteiger partial charge >= 0.3 is 5.63 Å². The summed E-state index contributed by atoms with van der Waals surface area (Å²) in [5, 5.41) is 0.841. The number of allylic oxidation sites excluding steroid dienone is 4. The second-order valence-electron chi connectivity index (χ2n) is 8.94. The molecule has 1 atom stereocenters. The van der Waals surface area contributed by atoms with E-state index in [4.69, 9.17) is 9.40 Å². The molecule has 2 aromatic rings. The van der Waals surface area contributed by atoms with Gasteiger partial charge in [-0.1, -0.05) is 13.0 Å². The van der Waals surface area contributed by atoms with Gasteiger partial charge < -0.3 is 19.1 Å². The minimum Gasteiger partial charge on any atom is -0.403 e. The van der Waals surface area contributed by atoms with Gasteiger partial charge in [0.1, 0.15) is 5.82 Å². The number of rotatable bonds is 2. The first-order valence-corrected chi connectivity index (χ1v) is 11.3. The SMILES string of the molecule is CC1=CN2C=C(c3cc4ccc(N5CCCN(C)CC5)nc4oc3=O)C(C)CC=C2C=N1. The smallest absolute Gasteiger partial charge is 0.345 e. The number of anilines is 1. The van der Waals surface area contributed by atoms with E-state index < -0.39 is 0 Å². The van der Waals surface area contributed by atoms with E-state index in [1.807, 2.05) is 48.6 Å². The Morgan fingerprint density at radius 3 is 2.88 bits per heavy atom. The summed E-state index contributed by atoms with van der Waals surface area (Å²) in [6.07, 6.45) is 9.97. The third-order valence-corrected chi connectivity index (χ3v) is 6.45. The molecule has 0 aliphatic carbocycles. The molecule has 0 aromatic carbocycles. The molecule has 0 amide bonds. The number of nitrogens with zero attached hydrogens (tertiary/aromatic N) is 5. The Morgan fingerprint density at radius 2 is 2.00 bits per heavy atom. The molecule has 7 heteroatoms. The number of fused-ring (bicyclic) bond motifs is 2. The molecule has 166 valence electrons. The lowest BCUT2D eigenvalue weighted by atomic mass is 9.93. The van der Waals surface area contributed by atoms with E-state index in [2.05, 4.69) is 34.8 Å². The highest BCUT2D eigenvalue weighted by Gasteiger charge is 2.22. The van der Waals surface area contributed by atoms with Gasteiger partial charge in [0.2, 0.25) is 5.71 Å². The van der Waals surface area contributed by atoms with Crippen LogP contribution in [0, 0.1) is 5.92 Å². The molecule has 0 saturated carbocycles. The van der Waals surface area contributed by atoms with Crippen LogP contribution in [0.5, 0.6) is 0 Å². The van der Waals surface area contributed by atoms with Crippen LogP contribution in [0.2, 0.25) is 0 Å². The molecule has 0 spiro atoms. The van der Waals surface area contributed by atoms with Crippen LogP contribution in [-0.2, 0) is 0 Å². The lowest BCUT2D eigenvalue weighted by Crippen LogP contribution is -2.29. The molecular formula is C25H29N5O2. The molecule has 5 heterocycles. The highest BCUT2D eigenvalue weighted by atomic mass is 16.4. The minimum absolute atomic E-state index is 0.178. The molecular weight excluding hydrogens is 402 g/mol. The molecule has 1 unspecified atom stereocenters. The van der Waals surface area contributed by atoms with Gasteiger partial charge in [0.25, 0.3) is 0 Å². The standard InChI is InChI=1S/C25H29N5O2/c1-17-5-7-20-14-26-18(2)15-30(20)16-22(17)21-13-19-6-8-23(27-24(19)32-25(21)31)29-10-4-9-28(3)11-12-29/h6-8,13-17H,4-5,9-12H2,1-3H3. The largest absolute Gasteiger partial charge is 0.403 e. The number of aliphatic imine (C=N–C) groups is 1. The second-order valence-corrected chi connectivity index (χ2v) is 8.94. The van der Waals surface area contributed by atoms with Crippen LogP contribution in [0.4, 0.5) is 5.82 Å². The first-order chi connectivity index (χ1) is 15.5. The summed E-state index contributed by atoms with van der Waals surface area (Å²) in [6.45, 7) is 8.06. The Hall–Kier alpha value is -3.19. The van der Waals surface area contributed by atoms with Gasteiger partial charge in [-0.3, -0.25) is 4.99 Å². The summed E-state index contributed by atoms with van der Waals surface area (Å²) in [6, 6.07) is 5.98. The molecule has 32 heavy (non-hydrogen) atoms. The van der Waals surface area contributed by atoms with Crippen molar-refractivity contribution in [3.8, 4) is 0 Å². The van der Waals surface area contributed by atoms with E-state index in [0.717, 1.165) is 67.2 Å². The molecule has 0 radical (unpaired) electrons. The quantitative estimate of drug-likeness (QED) is 0.720. The van der Waals surface area contributed by atoms with Gasteiger partial charge in [-0.2, -0.15) is 4.98 Å². The Balaban J connectivity index is 1.51. The average molecular weight is 432 g/mol. The van der Waals surface area contributed by atoms with Crippen LogP contribution >= 0.6 is 0 Å². The fourth-order valence-electron chi connectivity index (χ4n) is 4.49. The van der Waals surface area contributed by atoms with Crippen LogP contribution in [0.25, 0.3) is 16.7 Å². The van der Waals surface area contributed by atoms with Gasteiger partial charge in [-0.05, 0) is 63.0 Å². The van der Waals surface area contributed by atoms with Crippen LogP contribution < -0.4 is 10.5 Å². The maximum Gasteiger partial charge on any atom is 0.345 e. The zero-order valence-corrected chi connectivity index (χ0v) is 18.9. The summed E-state index contributed by atoms with van der Waals surface area (Å²) in [5.74, 6) is 1.05. The molecule has 7 nitrogen and oxygen atoms in total. The molecule has 0 bridgehead atoms. The van der Waals surface area contributed by atoms with E-state index >= 15 is 0 Å². The zero-order chi connectivity index (χ0) is 22.2. The number of aromatic nitrogens is 1. The third-order valence-electron chi connectivity index (χ3n) is 6.45. The van der Waals surface area contributed by atoms with Crippen molar-refractivity contribution < 1.29 is 4.42 Å². The Kier molecular flexibility index (Phi) is 5.43. The van der Waals surface area contributed by atoms with E-state index in [-0.39, 0.29) is 11.5 Å². The van der Waals surface area contributed by atoms with Crippen molar-refractivity contribution in [2.24, 2.45) is 10.9 Å². The van der Waals surface area contributed by atoms with Crippen molar-refractivity contribution in [2.45, 2.75) is 26.7 Å². The summed E-state index contributed by atoms with van der Waals surface area (Å²) >= 11 is 0. The van der Waals surface area contributed by atoms with E-state index in [0.29, 0.717) is 11.3 Å². The second kappa shape index (κ2) is 8.39. The van der Waals surface area contributed by atoms with Crippen molar-refractivity contribution in [2.75, 3.05) is 38.1 Å². The van der Waals surface area contributed by atoms with Crippen molar-refractivity contribution in [1.29, 1.82) is 0 Å². The molecule has 3 aliphatic rings. The lowest BCUT2D eigenvalue weighted by molar-refractivity contribution is 0.360. The van der Waals surface area contributed by atoms with Gasteiger partial charge in [0.15, 0.2) is 0 Å². The average Bonchev–Trinajstić information content (AvgIpc) is 3.09. The van der Waals surface area contributed by atoms with E-state index in [1.54, 1.807) is 0 Å². The number of hydrogen-bond donors (Lipinski definition) is 0. The van der Waals surface area contributed by atoms with Crippen LogP contribution in [0.3, 0.4) is 0 Å². The van der Waals surface area contributed by atoms with Gasteiger partial charge in [-0.25, -0.2) is 4.79 Å². The van der Waals surface area contributed by atoms with Crippen LogP contribution in [-0.4, -0.2) is 54.2 Å². The predicted octanol–water partition coefficient (Wildman–Crippen LogP) is 3.84. The summed E-state index contributed by atoms with van der Waals surface area (Å²) in [5.41, 5.74) is 3.57. The lowest BCUT2D eigenvalue weighted by Gasteiger charge is -2.22. The predicted molar refractivity (Wildman–Crippen MR) is 129 cm³/mol. The molecule has 5 rings (SSSR count).